The number of carbonyl (C=O) groups excluding carboxylic acids is 2. The predicted molar refractivity (Wildman–Crippen MR) is 45.4 cm³/mol. The summed E-state index contributed by atoms with van der Waals surface area (Å²) in [5, 5.41) is 11.0. The summed E-state index contributed by atoms with van der Waals surface area (Å²) in [4.78, 5) is 26.6. The number of rotatable bonds is 3. The van der Waals surface area contributed by atoms with E-state index in [0.717, 1.165) is 0 Å². The average molecular weight is 201 g/mol. The Morgan fingerprint density at radius 2 is 2.36 bits per heavy atom. The van der Waals surface area contributed by atoms with Crippen molar-refractivity contribution in [1.82, 2.24) is 0 Å². The molecule has 0 saturated heterocycles. The summed E-state index contributed by atoms with van der Waals surface area (Å²) >= 11 is 0. The van der Waals surface area contributed by atoms with Gasteiger partial charge in [-0.3, -0.25) is 14.8 Å². The van der Waals surface area contributed by atoms with Crippen LogP contribution in [-0.2, 0) is 19.2 Å². The Kier molecular flexibility index (Phi) is 3.06. The molecule has 0 N–H and O–H groups in total. The molecule has 1 aliphatic rings. The molecule has 0 aromatic carbocycles. The highest BCUT2D eigenvalue weighted by Crippen LogP contribution is 2.08. The number of hydrogen-bond donors (Lipinski definition) is 0. The molecule has 6 heteroatoms. The first-order chi connectivity index (χ1) is 6.56. The lowest BCUT2D eigenvalue weighted by Gasteiger charge is -2.06. The van der Waals surface area contributed by atoms with E-state index in [4.69, 9.17) is 4.74 Å². The van der Waals surface area contributed by atoms with Gasteiger partial charge in [0.15, 0.2) is 0 Å². The number of ketones is 1. The fraction of sp³-hybridized carbons (Fsp3) is 0.625. The average Bonchev–Trinajstić information content (AvgIpc) is 2.45. The van der Waals surface area contributed by atoms with E-state index in [1.54, 1.807) is 6.92 Å². The third-order valence-electron chi connectivity index (χ3n) is 1.76. The van der Waals surface area contributed by atoms with Crippen LogP contribution in [0.15, 0.2) is 0 Å². The van der Waals surface area contributed by atoms with Crippen LogP contribution >= 0.6 is 0 Å². The van der Waals surface area contributed by atoms with E-state index in [1.807, 2.05) is 0 Å². The van der Waals surface area contributed by atoms with Crippen molar-refractivity contribution in [3.05, 3.63) is 5.21 Å². The van der Waals surface area contributed by atoms with E-state index in [0.29, 0.717) is 0 Å². The minimum atomic E-state index is -0.863. The third kappa shape index (κ3) is 2.01. The van der Waals surface area contributed by atoms with Gasteiger partial charge >= 0.3 is 11.7 Å². The van der Waals surface area contributed by atoms with E-state index < -0.39 is 12.1 Å². The zero-order valence-corrected chi connectivity index (χ0v) is 7.98. The maximum absolute atomic E-state index is 11.3. The van der Waals surface area contributed by atoms with E-state index in [2.05, 4.69) is 4.84 Å². The molecular weight excluding hydrogens is 190 g/mol. The lowest BCUT2D eigenvalue weighted by atomic mass is 10.1. The smallest absolute Gasteiger partial charge is 0.328 e. The minimum absolute atomic E-state index is 0.0931. The Labute approximate surface area is 80.6 Å². The van der Waals surface area contributed by atoms with E-state index in [9.17, 15) is 14.8 Å². The van der Waals surface area contributed by atoms with Crippen LogP contribution in [-0.4, -0.2) is 35.1 Å². The molecule has 0 aromatic rings. The molecule has 6 nitrogen and oxygen atoms in total. The highest BCUT2D eigenvalue weighted by molar-refractivity contribution is 6.39. The molecule has 0 bridgehead atoms. The quantitative estimate of drug-likeness (QED) is 0.466. The molecule has 0 saturated carbocycles. The summed E-state index contributed by atoms with van der Waals surface area (Å²) in [6.07, 6.45) is -0.688. The maximum Gasteiger partial charge on any atom is 0.328 e. The van der Waals surface area contributed by atoms with Crippen molar-refractivity contribution in [2.24, 2.45) is 0 Å². The van der Waals surface area contributed by atoms with Crippen molar-refractivity contribution >= 4 is 17.5 Å². The predicted octanol–water partition coefficient (Wildman–Crippen LogP) is -0.206. The van der Waals surface area contributed by atoms with Crippen LogP contribution in [0, 0.1) is 5.21 Å². The van der Waals surface area contributed by atoms with E-state index in [1.165, 1.54) is 6.92 Å². The minimum Gasteiger partial charge on any atom is -0.450 e. The monoisotopic (exact) mass is 201 g/mol. The number of hydrogen-bond acceptors (Lipinski definition) is 5. The Balaban J connectivity index is 2.80. The normalized spacial score (nSPS) is 20.6. The molecular formula is C8H11NO5. The molecule has 78 valence electrons. The first-order valence-electron chi connectivity index (χ1n) is 4.23. The molecule has 0 radical (unpaired) electrons. The van der Waals surface area contributed by atoms with Crippen molar-refractivity contribution in [2.45, 2.75) is 26.4 Å². The molecule has 1 atom stereocenters. The molecule has 0 amide bonds. The standard InChI is InChI=1S/C8H11NO5/c1-3-6(11)8-7(14-5(2)10)4-13-9(8)12/h7H,3-4H2,1-2H3. The summed E-state index contributed by atoms with van der Waals surface area (Å²) in [5.41, 5.74) is -0.136. The van der Waals surface area contributed by atoms with Gasteiger partial charge in [0.25, 0.3) is 0 Å². The fourth-order valence-corrected chi connectivity index (χ4v) is 1.15. The van der Waals surface area contributed by atoms with Gasteiger partial charge in [-0.1, -0.05) is 6.92 Å². The zero-order chi connectivity index (χ0) is 10.7. The van der Waals surface area contributed by atoms with Gasteiger partial charge in [-0.05, 0) is 0 Å². The lowest BCUT2D eigenvalue weighted by Crippen LogP contribution is -2.33. The van der Waals surface area contributed by atoms with Crippen LogP contribution in [0.4, 0.5) is 0 Å². The van der Waals surface area contributed by atoms with Crippen LogP contribution in [0.25, 0.3) is 0 Å². The first kappa shape index (κ1) is 10.5. The van der Waals surface area contributed by atoms with Crippen molar-refractivity contribution in [3.63, 3.8) is 0 Å². The number of ether oxygens (including phenoxy) is 1. The van der Waals surface area contributed by atoms with Gasteiger partial charge in [-0.25, -0.2) is 0 Å². The Morgan fingerprint density at radius 3 is 2.86 bits per heavy atom. The van der Waals surface area contributed by atoms with E-state index in [-0.39, 0.29) is 29.4 Å². The molecule has 0 spiro atoms. The second-order valence-electron chi connectivity index (χ2n) is 2.81. The fourth-order valence-electron chi connectivity index (χ4n) is 1.15. The maximum atomic E-state index is 11.3. The van der Waals surface area contributed by atoms with Crippen molar-refractivity contribution in [3.8, 4) is 0 Å². The van der Waals surface area contributed by atoms with Gasteiger partial charge in [-0.2, -0.15) is 0 Å². The van der Waals surface area contributed by atoms with Gasteiger partial charge in [0.1, 0.15) is 6.61 Å². The molecule has 1 rings (SSSR count). The molecule has 14 heavy (non-hydrogen) atoms. The molecule has 0 aliphatic carbocycles. The third-order valence-corrected chi connectivity index (χ3v) is 1.76. The van der Waals surface area contributed by atoms with Crippen LogP contribution in [0.1, 0.15) is 20.3 Å². The summed E-state index contributed by atoms with van der Waals surface area (Å²) in [5.74, 6) is -0.918. The Hall–Kier alpha value is -1.59. The van der Waals surface area contributed by atoms with Crippen LogP contribution < -0.4 is 0 Å². The van der Waals surface area contributed by atoms with Gasteiger partial charge in [0, 0.05) is 18.2 Å². The SMILES string of the molecule is CCC(=O)C1=[N+]([O-])OCC1OC(C)=O. The zero-order valence-electron chi connectivity index (χ0n) is 7.98. The summed E-state index contributed by atoms with van der Waals surface area (Å²) in [7, 11) is 0. The van der Waals surface area contributed by atoms with Gasteiger partial charge in [0.05, 0.1) is 0 Å². The van der Waals surface area contributed by atoms with Crippen molar-refractivity contribution in [1.29, 1.82) is 0 Å². The number of esters is 1. The van der Waals surface area contributed by atoms with Crippen LogP contribution in [0.2, 0.25) is 0 Å². The number of Topliss-reactive ketones (excluding diaryl/α,β-unsaturated/α-hetero) is 1. The lowest BCUT2D eigenvalue weighted by molar-refractivity contribution is -0.730. The highest BCUT2D eigenvalue weighted by atomic mass is 16.9. The van der Waals surface area contributed by atoms with Crippen LogP contribution in [0.3, 0.4) is 0 Å². The molecule has 0 fully saturated rings. The van der Waals surface area contributed by atoms with Gasteiger partial charge in [0.2, 0.25) is 11.9 Å². The van der Waals surface area contributed by atoms with Crippen molar-refractivity contribution < 1.29 is 24.1 Å². The molecule has 1 unspecified atom stereocenters. The topological polar surface area (TPSA) is 78.7 Å². The Bertz CT molecular complexity index is 296. The molecule has 1 heterocycles. The summed E-state index contributed by atoms with van der Waals surface area (Å²) < 4.78 is 4.75. The second kappa shape index (κ2) is 4.08. The highest BCUT2D eigenvalue weighted by Gasteiger charge is 2.38. The van der Waals surface area contributed by atoms with E-state index >= 15 is 0 Å². The molecule has 1 aliphatic heterocycles. The molecule has 0 aromatic heterocycles. The summed E-state index contributed by atoms with van der Waals surface area (Å²) in [6, 6.07) is 0. The largest absolute Gasteiger partial charge is 0.450 e. The number of carbonyl (C=O) groups is 2. The van der Waals surface area contributed by atoms with Gasteiger partial charge in [-0.15, -0.1) is 0 Å². The first-order valence-corrected chi connectivity index (χ1v) is 4.23. The van der Waals surface area contributed by atoms with Crippen molar-refractivity contribution in [2.75, 3.05) is 6.61 Å². The van der Waals surface area contributed by atoms with Gasteiger partial charge < -0.3 is 9.57 Å². The number of nitrogens with zero attached hydrogens (tertiary/aromatic N) is 1. The van der Waals surface area contributed by atoms with Crippen LogP contribution in [0.5, 0.6) is 0 Å². The Morgan fingerprint density at radius 1 is 1.71 bits per heavy atom. The summed E-state index contributed by atoms with van der Waals surface area (Å²) in [6.45, 7) is 2.73. The second-order valence-corrected chi connectivity index (χ2v) is 2.81.